The van der Waals surface area contributed by atoms with Gasteiger partial charge in [0, 0.05) is 21.7 Å². The summed E-state index contributed by atoms with van der Waals surface area (Å²) in [5.74, 6) is -1.70. The van der Waals surface area contributed by atoms with Crippen LogP contribution in [0.4, 0.5) is 10.1 Å². The second-order valence-corrected chi connectivity index (χ2v) is 12.6. The average Bonchev–Trinajstić information content (AvgIpc) is 2.78. The molecule has 0 aromatic heterocycles. The molecule has 4 rings (SSSR count). The lowest BCUT2D eigenvalue weighted by Crippen LogP contribution is -2.35. The van der Waals surface area contributed by atoms with Gasteiger partial charge in [0.1, 0.15) is 5.82 Å². The predicted octanol–water partition coefficient (Wildman–Crippen LogP) is 6.65. The molecule has 0 radical (unpaired) electrons. The summed E-state index contributed by atoms with van der Waals surface area (Å²) in [6, 6.07) is 11.5. The van der Waals surface area contributed by atoms with E-state index in [1.165, 1.54) is 10.4 Å². The highest BCUT2D eigenvalue weighted by Crippen LogP contribution is 2.52. The molecule has 1 aliphatic rings. The number of carboxylic acids is 1. The molecule has 0 saturated heterocycles. The van der Waals surface area contributed by atoms with E-state index in [9.17, 15) is 18.3 Å². The Balaban J connectivity index is 2.23. The number of fused-ring (bicyclic) bond motifs is 3. The van der Waals surface area contributed by atoms with Crippen molar-refractivity contribution < 1.29 is 27.4 Å². The molecule has 3 aromatic carbocycles. The van der Waals surface area contributed by atoms with Crippen LogP contribution in [0.5, 0.6) is 0 Å². The van der Waals surface area contributed by atoms with Crippen molar-refractivity contribution >= 4 is 33.3 Å². The van der Waals surface area contributed by atoms with Crippen LogP contribution in [0.3, 0.4) is 0 Å². The Bertz CT molecular complexity index is 1510. The van der Waals surface area contributed by atoms with Crippen molar-refractivity contribution in [3.8, 4) is 22.3 Å². The molecule has 6 nitrogen and oxygen atoms in total. The van der Waals surface area contributed by atoms with Gasteiger partial charge in [0.15, 0.2) is 6.10 Å². The van der Waals surface area contributed by atoms with Crippen LogP contribution in [0.15, 0.2) is 42.5 Å². The molecule has 0 fully saturated rings. The summed E-state index contributed by atoms with van der Waals surface area (Å²) in [5, 5.41) is 10.8. The number of benzene rings is 3. The number of carboxylic acid groups (broad SMARTS) is 1. The molecule has 196 valence electrons. The fraction of sp³-hybridized carbons (Fsp3) is 0.321. The first-order valence-corrected chi connectivity index (χ1v) is 13.9. The van der Waals surface area contributed by atoms with Gasteiger partial charge >= 0.3 is 5.97 Å². The summed E-state index contributed by atoms with van der Waals surface area (Å²) in [4.78, 5) is 12.6. The van der Waals surface area contributed by atoms with E-state index in [-0.39, 0.29) is 12.2 Å². The van der Waals surface area contributed by atoms with Crippen LogP contribution in [0.2, 0.25) is 5.02 Å². The Kier molecular flexibility index (Phi) is 6.90. The number of hydrogen-bond donors (Lipinski definition) is 1. The van der Waals surface area contributed by atoms with Crippen molar-refractivity contribution in [2.75, 3.05) is 10.6 Å². The number of halogens is 2. The minimum Gasteiger partial charge on any atom is -0.479 e. The third-order valence-electron chi connectivity index (χ3n) is 6.42. The van der Waals surface area contributed by atoms with E-state index in [4.69, 9.17) is 16.3 Å². The van der Waals surface area contributed by atoms with Crippen LogP contribution in [-0.4, -0.2) is 31.4 Å². The zero-order valence-electron chi connectivity index (χ0n) is 21.5. The zero-order valence-corrected chi connectivity index (χ0v) is 23.1. The highest BCUT2D eigenvalue weighted by molar-refractivity contribution is 7.92. The first kappa shape index (κ1) is 27.1. The maximum atomic E-state index is 15.4. The minimum atomic E-state index is -3.81. The first-order valence-electron chi connectivity index (χ1n) is 11.7. The number of anilines is 1. The summed E-state index contributed by atoms with van der Waals surface area (Å²) in [6.45, 7) is 8.60. The van der Waals surface area contributed by atoms with Crippen molar-refractivity contribution in [2.45, 2.75) is 52.9 Å². The van der Waals surface area contributed by atoms with E-state index in [0.717, 1.165) is 6.26 Å². The third-order valence-corrected chi connectivity index (χ3v) is 7.78. The van der Waals surface area contributed by atoms with Crippen molar-refractivity contribution in [3.05, 3.63) is 75.6 Å². The molecule has 1 atom stereocenters. The maximum absolute atomic E-state index is 15.4. The van der Waals surface area contributed by atoms with Gasteiger partial charge in [0.2, 0.25) is 10.0 Å². The van der Waals surface area contributed by atoms with Crippen LogP contribution in [0, 0.1) is 19.7 Å². The molecule has 37 heavy (non-hydrogen) atoms. The number of sulfonamides is 1. The van der Waals surface area contributed by atoms with E-state index >= 15 is 4.39 Å². The summed E-state index contributed by atoms with van der Waals surface area (Å²) in [6.07, 6.45) is -0.332. The van der Waals surface area contributed by atoms with E-state index in [0.29, 0.717) is 49.5 Å². The number of ether oxygens (including phenoxy) is 1. The zero-order chi connectivity index (χ0) is 27.4. The van der Waals surface area contributed by atoms with E-state index in [1.54, 1.807) is 71.0 Å². The molecule has 0 bridgehead atoms. The topological polar surface area (TPSA) is 83.9 Å². The maximum Gasteiger partial charge on any atom is 0.337 e. The summed E-state index contributed by atoms with van der Waals surface area (Å²) < 4.78 is 48.7. The highest BCUT2D eigenvalue weighted by atomic mass is 35.5. The standard InChI is InChI=1S/C28H29ClFNO5S/c1-15-21(17-10-12-19(29)13-11-17)23(26(27(32)33)36-28(3,4)5)16(2)25-22(15)24-18(8-7-9-20(24)30)14-31(25)37(6,34)35/h7-13,26H,14H2,1-6H3,(H,32,33)/t26-/m0/s1. The Labute approximate surface area is 221 Å². The van der Waals surface area contributed by atoms with Gasteiger partial charge in [-0.3, -0.25) is 4.31 Å². The van der Waals surface area contributed by atoms with Gasteiger partial charge in [0.25, 0.3) is 0 Å². The van der Waals surface area contributed by atoms with Crippen LogP contribution < -0.4 is 4.31 Å². The van der Waals surface area contributed by atoms with Crippen molar-refractivity contribution in [2.24, 2.45) is 0 Å². The lowest BCUT2D eigenvalue weighted by Gasteiger charge is -2.37. The second-order valence-electron chi connectivity index (χ2n) is 10.3. The molecular weight excluding hydrogens is 517 g/mol. The molecule has 1 aliphatic heterocycles. The van der Waals surface area contributed by atoms with Gasteiger partial charge in [0.05, 0.1) is 24.1 Å². The smallest absolute Gasteiger partial charge is 0.337 e. The molecule has 0 amide bonds. The highest BCUT2D eigenvalue weighted by Gasteiger charge is 2.39. The molecular formula is C28H29ClFNO5S. The van der Waals surface area contributed by atoms with Gasteiger partial charge in [-0.15, -0.1) is 0 Å². The largest absolute Gasteiger partial charge is 0.479 e. The van der Waals surface area contributed by atoms with Gasteiger partial charge in [-0.25, -0.2) is 17.6 Å². The quantitative estimate of drug-likeness (QED) is 0.388. The minimum absolute atomic E-state index is 0.0726. The van der Waals surface area contributed by atoms with Crippen LogP contribution >= 0.6 is 11.6 Å². The molecule has 0 saturated carbocycles. The Morgan fingerprint density at radius 3 is 2.22 bits per heavy atom. The molecule has 0 spiro atoms. The SMILES string of the molecule is Cc1c(-c2ccc(Cl)cc2)c([C@H](OC(C)(C)C)C(=O)O)c(C)c2c1-c1c(F)cccc1CN2S(C)(=O)=O. The Morgan fingerprint density at radius 2 is 1.68 bits per heavy atom. The summed E-state index contributed by atoms with van der Waals surface area (Å²) in [7, 11) is -3.81. The van der Waals surface area contributed by atoms with E-state index < -0.39 is 33.5 Å². The van der Waals surface area contributed by atoms with Gasteiger partial charge in [-0.1, -0.05) is 35.9 Å². The summed E-state index contributed by atoms with van der Waals surface area (Å²) in [5.41, 5.74) is 3.11. The number of hydrogen-bond acceptors (Lipinski definition) is 4. The number of rotatable bonds is 5. The number of nitrogens with zero attached hydrogens (tertiary/aromatic N) is 1. The monoisotopic (exact) mass is 545 g/mol. The molecule has 9 heteroatoms. The van der Waals surface area contributed by atoms with Gasteiger partial charge < -0.3 is 9.84 Å². The third kappa shape index (κ3) is 4.98. The van der Waals surface area contributed by atoms with Crippen molar-refractivity contribution in [1.29, 1.82) is 0 Å². The van der Waals surface area contributed by atoms with Crippen LogP contribution in [0.25, 0.3) is 22.3 Å². The lowest BCUT2D eigenvalue weighted by molar-refractivity contribution is -0.160. The van der Waals surface area contributed by atoms with Crippen LogP contribution in [0.1, 0.15) is 49.1 Å². The first-order chi connectivity index (χ1) is 17.1. The normalized spacial score (nSPS) is 14.2. The van der Waals surface area contributed by atoms with Gasteiger partial charge in [-0.05, 0) is 80.6 Å². The van der Waals surface area contributed by atoms with E-state index in [1.807, 2.05) is 0 Å². The summed E-state index contributed by atoms with van der Waals surface area (Å²) >= 11 is 6.14. The lowest BCUT2D eigenvalue weighted by atomic mass is 9.80. The van der Waals surface area contributed by atoms with Crippen molar-refractivity contribution in [1.82, 2.24) is 0 Å². The Hall–Kier alpha value is -2.94. The van der Waals surface area contributed by atoms with Crippen molar-refractivity contribution in [3.63, 3.8) is 0 Å². The predicted molar refractivity (Wildman–Crippen MR) is 144 cm³/mol. The van der Waals surface area contributed by atoms with E-state index in [2.05, 4.69) is 0 Å². The number of carbonyl (C=O) groups is 1. The molecule has 1 heterocycles. The molecule has 0 unspecified atom stereocenters. The molecule has 1 N–H and O–H groups in total. The molecule has 3 aromatic rings. The Morgan fingerprint density at radius 1 is 1.05 bits per heavy atom. The van der Waals surface area contributed by atoms with Gasteiger partial charge in [-0.2, -0.15) is 0 Å². The number of aliphatic carboxylic acids is 1. The molecule has 0 aliphatic carbocycles. The fourth-order valence-electron chi connectivity index (χ4n) is 5.02. The average molecular weight is 546 g/mol. The fourth-order valence-corrected chi connectivity index (χ4v) is 6.08. The van der Waals surface area contributed by atoms with Crippen LogP contribution in [-0.2, 0) is 26.1 Å². The second kappa shape index (κ2) is 9.42.